The summed E-state index contributed by atoms with van der Waals surface area (Å²) in [4.78, 5) is 10.8. The van der Waals surface area contributed by atoms with Crippen LogP contribution in [0.4, 0.5) is 26.3 Å². The highest BCUT2D eigenvalue weighted by Gasteiger charge is 2.38. The lowest BCUT2D eigenvalue weighted by Crippen LogP contribution is -2.15. The number of rotatable bonds is 3. The van der Waals surface area contributed by atoms with Gasteiger partial charge in [-0.2, -0.15) is 31.4 Å². The fourth-order valence-corrected chi connectivity index (χ4v) is 2.58. The Kier molecular flexibility index (Phi) is 4.25. The van der Waals surface area contributed by atoms with Crippen molar-refractivity contribution < 1.29 is 31.1 Å². The van der Waals surface area contributed by atoms with Gasteiger partial charge >= 0.3 is 12.4 Å². The van der Waals surface area contributed by atoms with Crippen molar-refractivity contribution in [2.75, 3.05) is 0 Å². The first-order valence-electron chi connectivity index (χ1n) is 7.27. The molecule has 2 aromatic carbocycles. The predicted octanol–water partition coefficient (Wildman–Crippen LogP) is 4.93. The number of fused-ring (bicyclic) bond motifs is 1. The summed E-state index contributed by atoms with van der Waals surface area (Å²) in [5.74, 6) is 0. The third-order valence-corrected chi connectivity index (χ3v) is 3.79. The summed E-state index contributed by atoms with van der Waals surface area (Å²) in [6.45, 7) is -0.363. The Morgan fingerprint density at radius 3 is 2.31 bits per heavy atom. The molecule has 0 unspecified atom stereocenters. The van der Waals surface area contributed by atoms with Gasteiger partial charge in [0.15, 0.2) is 0 Å². The van der Waals surface area contributed by atoms with Crippen molar-refractivity contribution in [3.63, 3.8) is 0 Å². The number of alkyl halides is 6. The molecule has 0 bridgehead atoms. The third-order valence-electron chi connectivity index (χ3n) is 3.79. The van der Waals surface area contributed by atoms with Crippen molar-refractivity contribution in [3.05, 3.63) is 64.8 Å². The Labute approximate surface area is 142 Å². The zero-order valence-corrected chi connectivity index (χ0v) is 12.9. The van der Waals surface area contributed by atoms with E-state index in [1.54, 1.807) is 0 Å². The predicted molar refractivity (Wildman–Crippen MR) is 80.7 cm³/mol. The molecule has 1 heterocycles. The molecule has 0 aliphatic rings. The largest absolute Gasteiger partial charge is 0.416 e. The van der Waals surface area contributed by atoms with E-state index in [1.807, 2.05) is 0 Å². The number of benzene rings is 2. The van der Waals surface area contributed by atoms with Crippen molar-refractivity contribution in [3.8, 4) is 0 Å². The Bertz CT molecular complexity index is 972. The Morgan fingerprint density at radius 1 is 0.962 bits per heavy atom. The van der Waals surface area contributed by atoms with Gasteiger partial charge < -0.3 is 0 Å². The number of carbonyl (C=O) groups excluding carboxylic acids is 1. The van der Waals surface area contributed by atoms with Gasteiger partial charge in [0.2, 0.25) is 0 Å². The summed E-state index contributed by atoms with van der Waals surface area (Å²) in [7, 11) is 0. The standard InChI is InChI=1S/C17H10F6N2O/c18-16(19,20)13-3-2-11(14(6-13)17(21,22)23)7-25-8-12-5-10(9-26)1-4-15(12)24-25/h1-6,8-9H,7H2. The molecule has 0 fully saturated rings. The van der Waals surface area contributed by atoms with Gasteiger partial charge in [-0.25, -0.2) is 0 Å². The number of hydrogen-bond acceptors (Lipinski definition) is 2. The molecule has 0 aliphatic heterocycles. The van der Waals surface area contributed by atoms with Crippen LogP contribution in [0.1, 0.15) is 27.0 Å². The van der Waals surface area contributed by atoms with E-state index < -0.39 is 23.5 Å². The number of hydrogen-bond donors (Lipinski definition) is 0. The molecule has 0 atom stereocenters. The van der Waals surface area contributed by atoms with Crippen LogP contribution in [0.25, 0.3) is 10.9 Å². The van der Waals surface area contributed by atoms with Gasteiger partial charge in [0, 0.05) is 17.1 Å². The smallest absolute Gasteiger partial charge is 0.298 e. The van der Waals surface area contributed by atoms with E-state index in [0.29, 0.717) is 28.8 Å². The molecule has 136 valence electrons. The Hall–Kier alpha value is -2.84. The molecule has 26 heavy (non-hydrogen) atoms. The van der Waals surface area contributed by atoms with Gasteiger partial charge in [-0.3, -0.25) is 9.48 Å². The molecular formula is C17H10F6N2O. The van der Waals surface area contributed by atoms with Gasteiger partial charge in [0.1, 0.15) is 6.29 Å². The number of nitrogens with zero attached hydrogens (tertiary/aromatic N) is 2. The van der Waals surface area contributed by atoms with Crippen molar-refractivity contribution in [1.82, 2.24) is 9.78 Å². The zero-order valence-electron chi connectivity index (χ0n) is 12.9. The van der Waals surface area contributed by atoms with Crippen LogP contribution >= 0.6 is 0 Å². The van der Waals surface area contributed by atoms with E-state index >= 15 is 0 Å². The maximum atomic E-state index is 13.2. The second-order valence-electron chi connectivity index (χ2n) is 5.63. The van der Waals surface area contributed by atoms with Crippen molar-refractivity contribution in [2.24, 2.45) is 0 Å². The summed E-state index contributed by atoms with van der Waals surface area (Å²) in [6, 6.07) is 6.07. The second kappa shape index (κ2) is 6.15. The van der Waals surface area contributed by atoms with E-state index in [1.165, 1.54) is 29.1 Å². The molecule has 0 aliphatic carbocycles. The van der Waals surface area contributed by atoms with Crippen LogP contribution in [-0.4, -0.2) is 16.1 Å². The van der Waals surface area contributed by atoms with E-state index in [4.69, 9.17) is 0 Å². The molecule has 0 saturated carbocycles. The van der Waals surface area contributed by atoms with Crippen molar-refractivity contribution in [2.45, 2.75) is 18.9 Å². The average molecular weight is 372 g/mol. The first-order valence-corrected chi connectivity index (χ1v) is 7.27. The quantitative estimate of drug-likeness (QED) is 0.482. The fourth-order valence-electron chi connectivity index (χ4n) is 2.58. The van der Waals surface area contributed by atoms with Crippen molar-refractivity contribution in [1.29, 1.82) is 0 Å². The molecule has 3 aromatic rings. The van der Waals surface area contributed by atoms with E-state index in [9.17, 15) is 31.1 Å². The molecule has 1 aromatic heterocycles. The summed E-state index contributed by atoms with van der Waals surface area (Å²) in [5.41, 5.74) is -2.23. The molecule has 9 heteroatoms. The monoisotopic (exact) mass is 372 g/mol. The molecule has 0 saturated heterocycles. The van der Waals surface area contributed by atoms with Crippen molar-refractivity contribution >= 4 is 17.2 Å². The topological polar surface area (TPSA) is 34.9 Å². The summed E-state index contributed by atoms with van der Waals surface area (Å²) >= 11 is 0. The Balaban J connectivity index is 2.02. The summed E-state index contributed by atoms with van der Waals surface area (Å²) in [6.07, 6.45) is -7.76. The number of halogens is 6. The third kappa shape index (κ3) is 3.56. The Morgan fingerprint density at radius 2 is 1.69 bits per heavy atom. The normalized spacial score (nSPS) is 12.5. The highest BCUT2D eigenvalue weighted by molar-refractivity contribution is 5.86. The van der Waals surface area contributed by atoms with Crippen LogP contribution in [-0.2, 0) is 18.9 Å². The first-order chi connectivity index (χ1) is 12.1. The van der Waals surface area contributed by atoms with Crippen LogP contribution < -0.4 is 0 Å². The molecule has 0 spiro atoms. The second-order valence-corrected chi connectivity index (χ2v) is 5.63. The minimum atomic E-state index is -4.94. The fraction of sp³-hybridized carbons (Fsp3) is 0.176. The molecule has 0 radical (unpaired) electrons. The average Bonchev–Trinajstić information content (AvgIpc) is 2.94. The SMILES string of the molecule is O=Cc1ccc2nn(Cc3ccc(C(F)(F)F)cc3C(F)(F)F)cc2c1. The lowest BCUT2D eigenvalue weighted by Gasteiger charge is -2.16. The van der Waals surface area contributed by atoms with Crippen LogP contribution in [0.2, 0.25) is 0 Å². The molecule has 0 amide bonds. The van der Waals surface area contributed by atoms with Gasteiger partial charge in [0.05, 0.1) is 23.2 Å². The molecular weight excluding hydrogens is 362 g/mol. The number of aromatic nitrogens is 2. The van der Waals surface area contributed by atoms with Gasteiger partial charge in [-0.15, -0.1) is 0 Å². The van der Waals surface area contributed by atoms with E-state index in [2.05, 4.69) is 5.10 Å². The lowest BCUT2D eigenvalue weighted by molar-refractivity contribution is -0.143. The lowest BCUT2D eigenvalue weighted by atomic mass is 10.0. The van der Waals surface area contributed by atoms with Crippen LogP contribution in [0, 0.1) is 0 Å². The maximum absolute atomic E-state index is 13.2. The summed E-state index contributed by atoms with van der Waals surface area (Å²) in [5, 5.41) is 4.63. The number of aldehydes is 1. The van der Waals surface area contributed by atoms with E-state index in [-0.39, 0.29) is 18.2 Å². The van der Waals surface area contributed by atoms with E-state index in [0.717, 1.165) is 6.07 Å². The maximum Gasteiger partial charge on any atom is 0.416 e. The van der Waals surface area contributed by atoms with Gasteiger partial charge in [0.25, 0.3) is 0 Å². The zero-order chi connectivity index (χ0) is 19.1. The van der Waals surface area contributed by atoms with Gasteiger partial charge in [-0.1, -0.05) is 6.07 Å². The van der Waals surface area contributed by atoms with Crippen LogP contribution in [0.5, 0.6) is 0 Å². The molecule has 3 nitrogen and oxygen atoms in total. The summed E-state index contributed by atoms with van der Waals surface area (Å²) < 4.78 is 78.9. The number of carbonyl (C=O) groups is 1. The first kappa shape index (κ1) is 18.0. The molecule has 3 rings (SSSR count). The molecule has 0 N–H and O–H groups in total. The highest BCUT2D eigenvalue weighted by Crippen LogP contribution is 2.37. The minimum absolute atomic E-state index is 0.100. The minimum Gasteiger partial charge on any atom is -0.298 e. The van der Waals surface area contributed by atoms with Gasteiger partial charge in [-0.05, 0) is 35.9 Å². The van der Waals surface area contributed by atoms with Crippen LogP contribution in [0.15, 0.2) is 42.6 Å². The van der Waals surface area contributed by atoms with Crippen LogP contribution in [0.3, 0.4) is 0 Å². The highest BCUT2D eigenvalue weighted by atomic mass is 19.4.